The van der Waals surface area contributed by atoms with Crippen LogP contribution in [0, 0.1) is 16.7 Å². The number of esters is 5. The summed E-state index contributed by atoms with van der Waals surface area (Å²) in [6.45, 7) is 8.10. The molecule has 2 saturated carbocycles. The van der Waals surface area contributed by atoms with Crippen LogP contribution in [0.1, 0.15) is 86.7 Å². The first-order valence-electron chi connectivity index (χ1n) is 24.1. The molecule has 3 aromatic rings. The number of hydrogen-bond donors (Lipinski definition) is 3. The molecule has 19 nitrogen and oxygen atoms in total. The third kappa shape index (κ3) is 10.7. The number of carbonyl (C=O) groups excluding carboxylic acids is 7. The zero-order valence-electron chi connectivity index (χ0n) is 41.9. The van der Waals surface area contributed by atoms with E-state index in [1.54, 1.807) is 99.8 Å². The van der Waals surface area contributed by atoms with Crippen LogP contribution >= 0.6 is 0 Å². The average molecular weight is 1010 g/mol. The summed E-state index contributed by atoms with van der Waals surface area (Å²) in [5.41, 5.74) is -7.49. The highest BCUT2D eigenvalue weighted by Crippen LogP contribution is 2.64. The second kappa shape index (κ2) is 22.4. The number of ketones is 1. The molecular formula is C54H63N2O17-. The van der Waals surface area contributed by atoms with Crippen molar-refractivity contribution < 1.29 is 81.7 Å². The van der Waals surface area contributed by atoms with E-state index in [-0.39, 0.29) is 48.5 Å². The van der Waals surface area contributed by atoms with E-state index in [1.807, 2.05) is 0 Å². The van der Waals surface area contributed by atoms with Crippen LogP contribution in [0.25, 0.3) is 5.32 Å². The maximum Gasteiger partial charge on any atom is 0.350 e. The van der Waals surface area contributed by atoms with E-state index in [4.69, 9.17) is 37.9 Å². The molecule has 3 aliphatic carbocycles. The van der Waals surface area contributed by atoms with Gasteiger partial charge in [0.2, 0.25) is 6.10 Å². The summed E-state index contributed by atoms with van der Waals surface area (Å²) in [6.07, 6.45) is -10.8. The number of nitrogens with zero attached hydrogens (tertiary/aromatic N) is 1. The molecule has 0 unspecified atom stereocenters. The van der Waals surface area contributed by atoms with Gasteiger partial charge < -0.3 is 58.7 Å². The number of aliphatic hydroxyl groups excluding tert-OH is 1. The molecule has 7 rings (SSSR count). The summed E-state index contributed by atoms with van der Waals surface area (Å²) in [4.78, 5) is 99.5. The lowest BCUT2D eigenvalue weighted by atomic mass is 9.44. The number of benzene rings is 3. The number of nitrogens with one attached hydrogen (secondary N) is 1. The highest BCUT2D eigenvalue weighted by atomic mass is 16.6. The van der Waals surface area contributed by atoms with Gasteiger partial charge in [0.15, 0.2) is 17.5 Å². The largest absolute Gasteiger partial charge is 0.663 e. The second-order valence-corrected chi connectivity index (χ2v) is 19.5. The quantitative estimate of drug-likeness (QED) is 0.0654. The number of likely N-dealkylation sites (N-methyl/N-ethyl adjacent to an activating group) is 1. The molecule has 3 aromatic carbocycles. The lowest BCUT2D eigenvalue weighted by Gasteiger charge is -2.67. The van der Waals surface area contributed by atoms with Gasteiger partial charge in [-0.25, -0.2) is 14.4 Å². The fraction of sp³-hybridized carbons (Fsp3) is 0.500. The molecule has 0 spiro atoms. The minimum atomic E-state index is -2.47. The minimum absolute atomic E-state index is 0.0229. The summed E-state index contributed by atoms with van der Waals surface area (Å²) in [5, 5.41) is 33.0. The molecular weight excluding hydrogens is 949 g/mol. The van der Waals surface area contributed by atoms with Gasteiger partial charge in [-0.3, -0.25) is 19.2 Å². The van der Waals surface area contributed by atoms with Crippen molar-refractivity contribution in [2.45, 2.75) is 108 Å². The molecule has 2 bridgehead atoms. The summed E-state index contributed by atoms with van der Waals surface area (Å²) >= 11 is 0. The molecule has 0 aromatic heterocycles. The highest BCUT2D eigenvalue weighted by Gasteiger charge is 2.78. The Labute approximate surface area is 423 Å². The third-order valence-electron chi connectivity index (χ3n) is 14.8. The Morgan fingerprint density at radius 3 is 2.03 bits per heavy atom. The van der Waals surface area contributed by atoms with Gasteiger partial charge in [0.05, 0.1) is 42.8 Å². The lowest BCUT2D eigenvalue weighted by Crippen LogP contribution is -2.82. The Balaban J connectivity index is 1.37. The van der Waals surface area contributed by atoms with Gasteiger partial charge in [-0.05, 0) is 54.8 Å². The Kier molecular flexibility index (Phi) is 16.7. The number of fused-ring (bicyclic) bond motifs is 5. The van der Waals surface area contributed by atoms with Crippen molar-refractivity contribution in [2.24, 2.45) is 16.7 Å². The van der Waals surface area contributed by atoms with Gasteiger partial charge >= 0.3 is 29.8 Å². The summed E-state index contributed by atoms with van der Waals surface area (Å²) in [7, 11) is 1.64. The predicted molar refractivity (Wildman–Crippen MR) is 257 cm³/mol. The molecule has 3 fully saturated rings. The van der Waals surface area contributed by atoms with Crippen molar-refractivity contribution >= 4 is 41.5 Å². The summed E-state index contributed by atoms with van der Waals surface area (Å²) in [6, 6.07) is 22.7. The standard InChI is InChI=1S/C54H63N2O17/c1-31-37(70-50(64)44(71-40(60)29-67-26-25-66-24-23-55-7)42(34-17-11-8-12-18-34)56-48(62)35-19-13-9-14-20-35)28-54(65)47(72-49(63)36-21-15-10-16-22-36)45-52(6,38(59)27-39-53(45,30-68-39)73-33(3)58)46(61)43(69-32(2)57)41(31)51(54,4)5/h8-22,37-39,42-45,47,59,65H,23-30H2,1-7H3,(H,56,62)/q-1/t37-,38-,39+,42-,43+,44+,45-,47-,52+,53-,54+/m0/s1. The van der Waals surface area contributed by atoms with E-state index >= 15 is 9.59 Å². The first-order chi connectivity index (χ1) is 34.7. The Hall–Kier alpha value is -6.35. The van der Waals surface area contributed by atoms with Crippen LogP contribution < -0.4 is 5.32 Å². The minimum Gasteiger partial charge on any atom is -0.663 e. The van der Waals surface area contributed by atoms with Crippen molar-refractivity contribution in [3.05, 3.63) is 124 Å². The summed E-state index contributed by atoms with van der Waals surface area (Å²) in [5.74, 6) is -8.10. The van der Waals surface area contributed by atoms with Crippen LogP contribution in [-0.2, 0) is 61.9 Å². The van der Waals surface area contributed by atoms with Crippen molar-refractivity contribution in [3.63, 3.8) is 0 Å². The second-order valence-electron chi connectivity index (χ2n) is 19.5. The number of carbonyl (C=O) groups is 7. The van der Waals surface area contributed by atoms with Crippen molar-refractivity contribution in [2.75, 3.05) is 46.6 Å². The Bertz CT molecular complexity index is 2560. The van der Waals surface area contributed by atoms with Crippen LogP contribution in [0.5, 0.6) is 0 Å². The molecule has 3 N–H and O–H groups in total. The van der Waals surface area contributed by atoms with Crippen molar-refractivity contribution in [3.8, 4) is 0 Å². The maximum atomic E-state index is 15.7. The van der Waals surface area contributed by atoms with Gasteiger partial charge in [0.25, 0.3) is 5.91 Å². The zero-order valence-corrected chi connectivity index (χ0v) is 41.9. The van der Waals surface area contributed by atoms with E-state index < -0.39 is 125 Å². The van der Waals surface area contributed by atoms with Crippen LogP contribution in [0.2, 0.25) is 0 Å². The normalized spacial score (nSPS) is 28.8. The predicted octanol–water partition coefficient (Wildman–Crippen LogP) is 4.32. The Morgan fingerprint density at radius 2 is 1.44 bits per heavy atom. The third-order valence-corrected chi connectivity index (χ3v) is 14.8. The Morgan fingerprint density at radius 1 is 0.822 bits per heavy atom. The van der Waals surface area contributed by atoms with E-state index in [1.165, 1.54) is 26.0 Å². The molecule has 1 amide bonds. The molecule has 1 saturated heterocycles. The zero-order chi connectivity index (χ0) is 52.9. The molecule has 1 heterocycles. The fourth-order valence-electron chi connectivity index (χ4n) is 11.0. The topological polar surface area (TPSA) is 260 Å². The molecule has 1 aliphatic heterocycles. The van der Waals surface area contributed by atoms with E-state index in [0.29, 0.717) is 18.7 Å². The molecule has 0 radical (unpaired) electrons. The van der Waals surface area contributed by atoms with Gasteiger partial charge in [-0.15, -0.1) is 6.54 Å². The monoisotopic (exact) mass is 1010 g/mol. The van der Waals surface area contributed by atoms with Crippen molar-refractivity contribution in [1.82, 2.24) is 5.32 Å². The van der Waals surface area contributed by atoms with E-state index in [0.717, 1.165) is 13.8 Å². The van der Waals surface area contributed by atoms with Crippen molar-refractivity contribution in [1.29, 1.82) is 0 Å². The van der Waals surface area contributed by atoms with E-state index in [2.05, 4.69) is 10.6 Å². The SMILES string of the molecule is C[N-]CCOCCOCC(=O)O[C@@H](C(=O)O[C@H]1C[C@@]2(O)[C@@H](OC(=O)c3ccccc3)[C@@H]3[C@]4(OC(C)=O)CO[C@@H]4C[C@H](O)[C@@]3(C)C(=O)[C@H](OC(C)=O)C(=C1C)C2(C)C)[C@@H](NC(=O)c1ccccc1)c1ccccc1. The molecule has 19 heteroatoms. The number of Topliss-reactive ketones (excluding diaryl/α,β-unsaturated/α-hetero) is 1. The molecule has 11 atom stereocenters. The smallest absolute Gasteiger partial charge is 0.350 e. The highest BCUT2D eigenvalue weighted by molar-refractivity contribution is 5.96. The number of amides is 1. The van der Waals surface area contributed by atoms with Crippen LogP contribution in [-0.4, -0.2) is 146 Å². The number of rotatable bonds is 19. The van der Waals surface area contributed by atoms with E-state index in [9.17, 15) is 34.2 Å². The molecule has 4 aliphatic rings. The fourth-order valence-corrected chi connectivity index (χ4v) is 11.0. The van der Waals surface area contributed by atoms with Gasteiger partial charge in [0, 0.05) is 44.3 Å². The van der Waals surface area contributed by atoms with Gasteiger partial charge in [-0.2, -0.15) is 7.05 Å². The number of ether oxygens (including phenoxy) is 8. The van der Waals surface area contributed by atoms with Gasteiger partial charge in [0.1, 0.15) is 36.6 Å². The van der Waals surface area contributed by atoms with Crippen LogP contribution in [0.3, 0.4) is 0 Å². The average Bonchev–Trinajstić information content (AvgIpc) is 3.36. The lowest BCUT2D eigenvalue weighted by molar-refractivity contribution is -0.346. The summed E-state index contributed by atoms with van der Waals surface area (Å²) < 4.78 is 47.7. The molecule has 73 heavy (non-hydrogen) atoms. The molecule has 392 valence electrons. The first kappa shape index (κ1) is 54.4. The van der Waals surface area contributed by atoms with Gasteiger partial charge in [-0.1, -0.05) is 80.6 Å². The van der Waals surface area contributed by atoms with Crippen LogP contribution in [0.15, 0.2) is 102 Å². The number of aliphatic hydroxyl groups is 2. The maximum absolute atomic E-state index is 15.7. The first-order valence-corrected chi connectivity index (χ1v) is 24.1. The van der Waals surface area contributed by atoms with Crippen LogP contribution in [0.4, 0.5) is 0 Å². The number of hydrogen-bond acceptors (Lipinski definition) is 17.